The second-order valence-electron chi connectivity index (χ2n) is 33.7. The number of nitrogens with zero attached hydrogens (tertiary/aromatic N) is 7. The molecule has 0 aliphatic carbocycles. The number of thiophene rings is 3. The molecule has 0 aliphatic heterocycles. The minimum atomic E-state index is 0.657. The van der Waals surface area contributed by atoms with Crippen LogP contribution in [0.3, 0.4) is 0 Å². The number of rotatable bonds is 10. The Labute approximate surface area is 776 Å². The zero-order valence-electron chi connectivity index (χ0n) is 71.3. The summed E-state index contributed by atoms with van der Waals surface area (Å²) in [5.74, 6) is 2.06. The quantitative estimate of drug-likeness (QED) is 0.130. The lowest BCUT2D eigenvalue weighted by atomic mass is 9.96. The third kappa shape index (κ3) is 12.7. The Morgan fingerprint density at radius 2 is 0.537 bits per heavy atom. The van der Waals surface area contributed by atoms with Gasteiger partial charge in [0.25, 0.3) is 0 Å². The summed E-state index contributed by atoms with van der Waals surface area (Å²) in [7, 11) is 0. The van der Waals surface area contributed by atoms with Crippen molar-refractivity contribution in [1.82, 2.24) is 34.5 Å². The summed E-state index contributed by atoms with van der Waals surface area (Å²) in [6.07, 6.45) is 0. The molecule has 0 spiro atoms. The van der Waals surface area contributed by atoms with Crippen LogP contribution in [-0.4, -0.2) is 34.5 Å². The molecule has 11 aromatic heterocycles. The fourth-order valence-electron chi connectivity index (χ4n) is 19.7. The van der Waals surface area contributed by atoms with E-state index >= 15 is 0 Å². The maximum Gasteiger partial charge on any atom is 0.235 e. The predicted octanol–water partition coefficient (Wildman–Crippen LogP) is 34.2. The van der Waals surface area contributed by atoms with Crippen LogP contribution >= 0.6 is 34.0 Å². The molecule has 0 saturated heterocycles. The van der Waals surface area contributed by atoms with Crippen molar-refractivity contribution in [1.29, 1.82) is 0 Å². The number of hydrogen-bond acceptors (Lipinski definition) is 13. The number of para-hydroxylation sites is 6. The molecular formula is C120H69N7O4S3. The molecule has 11 heterocycles. The van der Waals surface area contributed by atoms with E-state index < -0.39 is 0 Å². The standard InChI is InChI=1S/C40H23N3OS.C40H22N2O2S.C40H24N2OS/c1-2-11-24(12-3-1)26-16-10-17-31-37-39(45-38(26)31)36(25-21-22-30-29-15-6-9-20-34(29)44-35(30)23-25)41-40(42-37)43-32-18-7-4-13-27(32)28-14-5-8-19-33(28)43;1-2-10-23(11-3-1)40-41-37(24-20-21-26-25-12-4-6-16-30(25)44-33(26)22-24)39-38(42-40)36-28(15-9-19-34(36)45-39)27-14-8-18-32-35(27)29-13-5-7-17-31(29)43-32;1-3-11-25(12-4-1)27-15-9-16-29(23-27)40-41-36(28-21-22-32-31-17-7-8-20-34(31)43-35(32)24-28)39-37(42-40)33-19-10-18-30(38(33)44-39)26-13-5-2-6-14-26/h1-23H;1-22H;1-24H. The number of hydrogen-bond donors (Lipinski definition) is 0. The first-order chi connectivity index (χ1) is 66.4. The molecule has 29 rings (SSSR count). The van der Waals surface area contributed by atoms with Gasteiger partial charge in [-0.1, -0.05) is 328 Å². The minimum Gasteiger partial charge on any atom is -0.456 e. The maximum atomic E-state index is 6.34. The van der Waals surface area contributed by atoms with Crippen LogP contribution in [0.4, 0.5) is 0 Å². The first-order valence-electron chi connectivity index (χ1n) is 44.6. The first kappa shape index (κ1) is 76.9. The average Bonchev–Trinajstić information content (AvgIpc) is 1.58. The Balaban J connectivity index is 0.000000102. The molecule has 0 atom stereocenters. The van der Waals surface area contributed by atoms with Crippen molar-refractivity contribution < 1.29 is 17.7 Å². The van der Waals surface area contributed by atoms with E-state index in [1.807, 2.05) is 84.9 Å². The van der Waals surface area contributed by atoms with Crippen molar-refractivity contribution in [2.24, 2.45) is 0 Å². The summed E-state index contributed by atoms with van der Waals surface area (Å²) >= 11 is 5.26. The molecule has 0 saturated carbocycles. The fraction of sp³-hybridized carbons (Fsp3) is 0. The second kappa shape index (κ2) is 31.3. The molecule has 0 fully saturated rings. The zero-order valence-corrected chi connectivity index (χ0v) is 73.8. The van der Waals surface area contributed by atoms with Crippen molar-refractivity contribution in [2.45, 2.75) is 0 Å². The molecule has 0 bridgehead atoms. The summed E-state index contributed by atoms with van der Waals surface area (Å²) in [5.41, 5.74) is 29.1. The van der Waals surface area contributed by atoms with Crippen molar-refractivity contribution in [3.63, 3.8) is 0 Å². The predicted molar refractivity (Wildman–Crippen MR) is 557 cm³/mol. The summed E-state index contributed by atoms with van der Waals surface area (Å²) in [6, 6.07) is 145. The Bertz CT molecular complexity index is 9760. The van der Waals surface area contributed by atoms with Crippen LogP contribution in [0, 0.1) is 0 Å². The van der Waals surface area contributed by atoms with E-state index in [1.165, 1.54) is 48.0 Å². The van der Waals surface area contributed by atoms with E-state index in [-0.39, 0.29) is 0 Å². The van der Waals surface area contributed by atoms with Crippen LogP contribution in [0.15, 0.2) is 436 Å². The SMILES string of the molecule is c1ccc(-c2cccc(-c3nc(-c4ccc5c(c4)oc4ccccc45)c4sc5c(-c6ccccc6)cccc5c4n3)c2)cc1.c1ccc(-c2cccc3c2sc2c(-c4ccc5c(c4)oc4ccccc45)nc(-n4c5ccccc5c5ccccc54)nc23)cc1.c1ccc(-c2nc(-c3ccc4c(c3)oc3ccccc34)c3sc4cccc(-c5cccc6oc7ccccc7c56)c4c3n2)cc1. The van der Waals surface area contributed by atoms with Gasteiger partial charge in [0.1, 0.15) is 44.7 Å². The van der Waals surface area contributed by atoms with Gasteiger partial charge >= 0.3 is 0 Å². The van der Waals surface area contributed by atoms with Gasteiger partial charge in [0.15, 0.2) is 11.6 Å². The largest absolute Gasteiger partial charge is 0.456 e. The monoisotopic (exact) mass is 1770 g/mol. The molecular weight excluding hydrogens is 1700 g/mol. The van der Waals surface area contributed by atoms with Crippen LogP contribution in [0.2, 0.25) is 0 Å². The normalized spacial score (nSPS) is 11.9. The van der Waals surface area contributed by atoms with Crippen LogP contribution in [0.25, 0.3) is 277 Å². The summed E-state index contributed by atoms with van der Waals surface area (Å²) < 4.78 is 34.2. The molecule has 134 heavy (non-hydrogen) atoms. The Morgan fingerprint density at radius 1 is 0.187 bits per heavy atom. The third-order valence-electron chi connectivity index (χ3n) is 25.9. The number of aromatic nitrogens is 7. The van der Waals surface area contributed by atoms with Gasteiger partial charge in [-0.3, -0.25) is 4.57 Å². The molecule has 0 amide bonds. The Kier molecular flexibility index (Phi) is 18.0. The van der Waals surface area contributed by atoms with Gasteiger partial charge in [-0.15, -0.1) is 34.0 Å². The molecule has 18 aromatic carbocycles. The second-order valence-corrected chi connectivity index (χ2v) is 36.8. The Hall–Kier alpha value is -17.1. The van der Waals surface area contributed by atoms with Crippen LogP contribution in [0.1, 0.15) is 0 Å². The van der Waals surface area contributed by atoms with Gasteiger partial charge in [-0.05, 0) is 136 Å². The van der Waals surface area contributed by atoms with Gasteiger partial charge in [-0.2, -0.15) is 0 Å². The summed E-state index contributed by atoms with van der Waals surface area (Å²) in [5, 5.41) is 14.7. The third-order valence-corrected chi connectivity index (χ3v) is 29.5. The van der Waals surface area contributed by atoms with Crippen molar-refractivity contribution in [3.8, 4) is 107 Å². The lowest BCUT2D eigenvalue weighted by Gasteiger charge is -2.10. The van der Waals surface area contributed by atoms with Crippen molar-refractivity contribution >= 4 is 204 Å². The van der Waals surface area contributed by atoms with E-state index in [4.69, 9.17) is 47.6 Å². The lowest BCUT2D eigenvalue weighted by Crippen LogP contribution is -2.02. The van der Waals surface area contributed by atoms with E-state index in [2.05, 4.69) is 338 Å². The maximum absolute atomic E-state index is 6.34. The van der Waals surface area contributed by atoms with Crippen molar-refractivity contribution in [2.75, 3.05) is 0 Å². The van der Waals surface area contributed by atoms with E-state index in [1.54, 1.807) is 34.0 Å². The average molecular weight is 1770 g/mol. The molecule has 0 radical (unpaired) electrons. The van der Waals surface area contributed by atoms with E-state index in [9.17, 15) is 0 Å². The van der Waals surface area contributed by atoms with Crippen LogP contribution < -0.4 is 0 Å². The minimum absolute atomic E-state index is 0.657. The van der Waals surface area contributed by atoms with Crippen LogP contribution in [0.5, 0.6) is 0 Å². The summed E-state index contributed by atoms with van der Waals surface area (Å²) in [4.78, 5) is 31.8. The van der Waals surface area contributed by atoms with E-state index in [0.29, 0.717) is 17.6 Å². The molecule has 14 heteroatoms. The van der Waals surface area contributed by atoms with Crippen LogP contribution in [-0.2, 0) is 0 Å². The fourth-order valence-corrected chi connectivity index (χ4v) is 23.4. The number of furan rings is 4. The van der Waals surface area contributed by atoms with Gasteiger partial charge in [-0.25, -0.2) is 29.9 Å². The topological polar surface area (TPSA) is 135 Å². The van der Waals surface area contributed by atoms with Gasteiger partial charge in [0, 0.05) is 112 Å². The molecule has 29 aromatic rings. The van der Waals surface area contributed by atoms with Gasteiger partial charge in [0.05, 0.1) is 58.8 Å². The van der Waals surface area contributed by atoms with E-state index in [0.717, 1.165) is 212 Å². The highest BCUT2D eigenvalue weighted by atomic mass is 32.1. The highest BCUT2D eigenvalue weighted by Gasteiger charge is 2.27. The number of fused-ring (bicyclic) bond motifs is 24. The molecule has 0 N–H and O–H groups in total. The van der Waals surface area contributed by atoms with Gasteiger partial charge in [0.2, 0.25) is 5.95 Å². The zero-order chi connectivity index (χ0) is 88.0. The summed E-state index contributed by atoms with van der Waals surface area (Å²) in [6.45, 7) is 0. The first-order valence-corrected chi connectivity index (χ1v) is 47.0. The molecule has 0 aliphatic rings. The van der Waals surface area contributed by atoms with Gasteiger partial charge < -0.3 is 17.7 Å². The lowest BCUT2D eigenvalue weighted by molar-refractivity contribution is 0.668. The number of benzene rings is 18. The highest BCUT2D eigenvalue weighted by Crippen LogP contribution is 2.51. The highest BCUT2D eigenvalue weighted by molar-refractivity contribution is 7.27. The molecule has 626 valence electrons. The Morgan fingerprint density at radius 3 is 1.07 bits per heavy atom. The van der Waals surface area contributed by atoms with Crippen molar-refractivity contribution in [3.05, 3.63) is 419 Å². The molecule has 0 unspecified atom stereocenters. The smallest absolute Gasteiger partial charge is 0.235 e. The molecule has 11 nitrogen and oxygen atoms in total.